The van der Waals surface area contributed by atoms with Gasteiger partial charge >= 0.3 is 6.03 Å². The molecular formula is C23H30FN3O2. The van der Waals surface area contributed by atoms with E-state index in [1.807, 2.05) is 45.0 Å². The molecule has 3 amide bonds. The van der Waals surface area contributed by atoms with Gasteiger partial charge in [-0.2, -0.15) is 0 Å². The molecule has 29 heavy (non-hydrogen) atoms. The summed E-state index contributed by atoms with van der Waals surface area (Å²) in [6.45, 7) is 6.68. The molecule has 0 saturated carbocycles. The van der Waals surface area contributed by atoms with Crippen molar-refractivity contribution in [3.63, 3.8) is 0 Å². The SMILES string of the molecule is Cc1ccc(CNC(=O)N[C@H](CC(C)C)C(=O)NCCc2ccccc2F)cc1. The van der Waals surface area contributed by atoms with Crippen molar-refractivity contribution >= 4 is 11.9 Å². The van der Waals surface area contributed by atoms with Crippen molar-refractivity contribution in [1.82, 2.24) is 16.0 Å². The predicted molar refractivity (Wildman–Crippen MR) is 113 cm³/mol. The first kappa shape index (κ1) is 22.4. The van der Waals surface area contributed by atoms with Gasteiger partial charge in [0.1, 0.15) is 11.9 Å². The molecule has 0 radical (unpaired) electrons. The van der Waals surface area contributed by atoms with E-state index in [2.05, 4.69) is 16.0 Å². The van der Waals surface area contributed by atoms with Gasteiger partial charge in [-0.1, -0.05) is 61.9 Å². The molecule has 2 rings (SSSR count). The Labute approximate surface area is 172 Å². The Morgan fingerprint density at radius 1 is 1.00 bits per heavy atom. The van der Waals surface area contributed by atoms with E-state index < -0.39 is 6.04 Å². The Morgan fingerprint density at radius 2 is 1.69 bits per heavy atom. The summed E-state index contributed by atoms with van der Waals surface area (Å²) in [5.74, 6) is -0.315. The Kier molecular flexibility index (Phi) is 8.65. The van der Waals surface area contributed by atoms with E-state index in [1.54, 1.807) is 18.2 Å². The van der Waals surface area contributed by atoms with E-state index >= 15 is 0 Å². The number of halogens is 1. The molecule has 1 atom stereocenters. The number of rotatable bonds is 9. The molecule has 5 nitrogen and oxygen atoms in total. The van der Waals surface area contributed by atoms with Crippen LogP contribution in [0, 0.1) is 18.7 Å². The quantitative estimate of drug-likeness (QED) is 0.602. The van der Waals surface area contributed by atoms with Gasteiger partial charge in [0.25, 0.3) is 0 Å². The fourth-order valence-electron chi connectivity index (χ4n) is 2.95. The van der Waals surface area contributed by atoms with Crippen molar-refractivity contribution in [1.29, 1.82) is 0 Å². The van der Waals surface area contributed by atoms with Crippen molar-refractivity contribution in [2.45, 2.75) is 46.2 Å². The van der Waals surface area contributed by atoms with Gasteiger partial charge in [0.2, 0.25) is 5.91 Å². The Hall–Kier alpha value is -2.89. The first-order chi connectivity index (χ1) is 13.8. The summed E-state index contributed by atoms with van der Waals surface area (Å²) < 4.78 is 13.7. The normalized spacial score (nSPS) is 11.8. The van der Waals surface area contributed by atoms with Gasteiger partial charge in [-0.3, -0.25) is 4.79 Å². The van der Waals surface area contributed by atoms with Crippen LogP contribution in [0.3, 0.4) is 0 Å². The Balaban J connectivity index is 1.84. The summed E-state index contributed by atoms with van der Waals surface area (Å²) in [6.07, 6.45) is 0.913. The van der Waals surface area contributed by atoms with Gasteiger partial charge < -0.3 is 16.0 Å². The van der Waals surface area contributed by atoms with Gasteiger partial charge in [-0.05, 0) is 42.9 Å². The van der Waals surface area contributed by atoms with Gasteiger partial charge in [0, 0.05) is 13.1 Å². The van der Waals surface area contributed by atoms with Crippen LogP contribution in [0.2, 0.25) is 0 Å². The van der Waals surface area contributed by atoms with Crippen LogP contribution in [0.25, 0.3) is 0 Å². The number of amides is 3. The van der Waals surface area contributed by atoms with Crippen molar-refractivity contribution in [3.05, 3.63) is 71.0 Å². The van der Waals surface area contributed by atoms with Crippen LogP contribution in [0.15, 0.2) is 48.5 Å². The number of carbonyl (C=O) groups is 2. The van der Waals surface area contributed by atoms with Crippen LogP contribution in [0.5, 0.6) is 0 Å². The predicted octanol–water partition coefficient (Wildman–Crippen LogP) is 3.71. The lowest BCUT2D eigenvalue weighted by atomic mass is 10.0. The lowest BCUT2D eigenvalue weighted by molar-refractivity contribution is -0.123. The van der Waals surface area contributed by atoms with Crippen molar-refractivity contribution in [3.8, 4) is 0 Å². The average molecular weight is 400 g/mol. The molecule has 3 N–H and O–H groups in total. The number of urea groups is 1. The second-order valence-electron chi connectivity index (χ2n) is 7.63. The minimum absolute atomic E-state index is 0.231. The standard InChI is InChI=1S/C23H30FN3O2/c1-16(2)14-21(22(28)25-13-12-19-6-4-5-7-20(19)24)27-23(29)26-15-18-10-8-17(3)9-11-18/h4-11,16,21H,12-15H2,1-3H3,(H,25,28)(H2,26,27,29)/t21-/m1/s1. The zero-order chi connectivity index (χ0) is 21.2. The molecule has 0 spiro atoms. The molecule has 2 aromatic carbocycles. The minimum atomic E-state index is -0.645. The molecule has 0 bridgehead atoms. The zero-order valence-electron chi connectivity index (χ0n) is 17.3. The lowest BCUT2D eigenvalue weighted by Crippen LogP contribution is -2.50. The van der Waals surface area contributed by atoms with Crippen molar-refractivity contribution in [2.75, 3.05) is 6.54 Å². The third kappa shape index (κ3) is 7.94. The second kappa shape index (κ2) is 11.2. The highest BCUT2D eigenvalue weighted by atomic mass is 19.1. The Bertz CT molecular complexity index is 806. The first-order valence-electron chi connectivity index (χ1n) is 9.96. The van der Waals surface area contributed by atoms with Gasteiger partial charge in [0.05, 0.1) is 0 Å². The van der Waals surface area contributed by atoms with E-state index in [4.69, 9.17) is 0 Å². The number of aryl methyl sites for hydroxylation is 1. The highest BCUT2D eigenvalue weighted by Crippen LogP contribution is 2.08. The smallest absolute Gasteiger partial charge is 0.315 e. The van der Waals surface area contributed by atoms with Crippen LogP contribution in [-0.2, 0) is 17.8 Å². The number of hydrogen-bond donors (Lipinski definition) is 3. The number of hydrogen-bond acceptors (Lipinski definition) is 2. The fourth-order valence-corrected chi connectivity index (χ4v) is 2.95. The summed E-state index contributed by atoms with van der Waals surface area (Å²) in [7, 11) is 0. The third-order valence-electron chi connectivity index (χ3n) is 4.55. The largest absolute Gasteiger partial charge is 0.354 e. The van der Waals surface area contributed by atoms with Gasteiger partial charge in [0.15, 0.2) is 0 Å². The summed E-state index contributed by atoms with van der Waals surface area (Å²) >= 11 is 0. The molecule has 156 valence electrons. The minimum Gasteiger partial charge on any atom is -0.354 e. The summed E-state index contributed by atoms with van der Waals surface area (Å²) in [5, 5.41) is 8.34. The van der Waals surface area contributed by atoms with Crippen LogP contribution >= 0.6 is 0 Å². The molecule has 0 saturated heterocycles. The summed E-state index contributed by atoms with van der Waals surface area (Å²) in [6, 6.07) is 13.3. The molecule has 0 aromatic heterocycles. The number of nitrogens with one attached hydrogen (secondary N) is 3. The van der Waals surface area contributed by atoms with Crippen molar-refractivity contribution in [2.24, 2.45) is 5.92 Å². The maximum Gasteiger partial charge on any atom is 0.315 e. The molecule has 2 aromatic rings. The van der Waals surface area contributed by atoms with E-state index in [0.29, 0.717) is 31.5 Å². The monoisotopic (exact) mass is 399 g/mol. The molecule has 0 unspecified atom stereocenters. The van der Waals surface area contributed by atoms with E-state index in [0.717, 1.165) is 11.1 Å². The summed E-state index contributed by atoms with van der Waals surface area (Å²) in [4.78, 5) is 24.8. The van der Waals surface area contributed by atoms with E-state index in [9.17, 15) is 14.0 Å². The van der Waals surface area contributed by atoms with E-state index in [-0.39, 0.29) is 23.7 Å². The van der Waals surface area contributed by atoms with E-state index in [1.165, 1.54) is 6.07 Å². The molecule has 0 heterocycles. The molecule has 6 heteroatoms. The fraction of sp³-hybridized carbons (Fsp3) is 0.391. The zero-order valence-corrected chi connectivity index (χ0v) is 17.3. The molecule has 0 aliphatic heterocycles. The van der Waals surface area contributed by atoms with Crippen LogP contribution in [-0.4, -0.2) is 24.5 Å². The maximum atomic E-state index is 13.7. The highest BCUT2D eigenvalue weighted by Gasteiger charge is 2.21. The lowest BCUT2D eigenvalue weighted by Gasteiger charge is -2.20. The topological polar surface area (TPSA) is 70.2 Å². The van der Waals surface area contributed by atoms with Crippen LogP contribution in [0.1, 0.15) is 37.0 Å². The molecule has 0 aliphatic carbocycles. The van der Waals surface area contributed by atoms with Gasteiger partial charge in [-0.25, -0.2) is 9.18 Å². The highest BCUT2D eigenvalue weighted by molar-refractivity contribution is 5.87. The maximum absolute atomic E-state index is 13.7. The van der Waals surface area contributed by atoms with Crippen molar-refractivity contribution < 1.29 is 14.0 Å². The van der Waals surface area contributed by atoms with Crippen LogP contribution in [0.4, 0.5) is 9.18 Å². The third-order valence-corrected chi connectivity index (χ3v) is 4.55. The second-order valence-corrected chi connectivity index (χ2v) is 7.63. The number of carbonyl (C=O) groups excluding carboxylic acids is 2. The molecule has 0 aliphatic rings. The van der Waals surface area contributed by atoms with Crippen LogP contribution < -0.4 is 16.0 Å². The Morgan fingerprint density at radius 3 is 2.34 bits per heavy atom. The molecule has 0 fully saturated rings. The summed E-state index contributed by atoms with van der Waals surface area (Å²) in [5.41, 5.74) is 2.69. The number of benzene rings is 2. The van der Waals surface area contributed by atoms with Gasteiger partial charge in [-0.15, -0.1) is 0 Å². The first-order valence-corrected chi connectivity index (χ1v) is 9.96. The average Bonchev–Trinajstić information content (AvgIpc) is 2.68. The molecular weight excluding hydrogens is 369 g/mol.